The third-order valence-corrected chi connectivity index (χ3v) is 70.8. The molecular formula is C96H192O40Si8. The minimum Gasteiger partial charge on any atom is -0.414 e. The molecule has 40 atom stereocenters. The molecule has 30 fully saturated rings. The molecule has 0 amide bonds. The predicted molar refractivity (Wildman–Crippen MR) is 550 cm³/mol. The van der Waals surface area contributed by atoms with Gasteiger partial charge in [0.1, 0.15) is 195 Å². The minimum absolute atomic E-state index is 0.401. The lowest BCUT2D eigenvalue weighted by Gasteiger charge is -2.52. The molecule has 0 aliphatic carbocycles. The van der Waals surface area contributed by atoms with Crippen LogP contribution < -0.4 is 0 Å². The molecule has 30 heterocycles. The average Bonchev–Trinajstić information content (AvgIpc) is 0.764. The van der Waals surface area contributed by atoms with Crippen molar-refractivity contribution < 1.29 is 193 Å². The summed E-state index contributed by atoms with van der Waals surface area (Å²) in [7, 11) is -22.9. The zero-order valence-electron chi connectivity index (χ0n) is 93.7. The molecule has 0 spiro atoms. The van der Waals surface area contributed by atoms with E-state index in [0.29, 0.717) is 0 Å². The summed E-state index contributed by atoms with van der Waals surface area (Å²) in [4.78, 5) is 0. The molecule has 48 heteroatoms. The Morgan fingerprint density at radius 3 is 0.285 bits per heavy atom. The van der Waals surface area contributed by atoms with Crippen LogP contribution in [0.5, 0.6) is 0 Å². The number of hydrogen-bond donors (Lipinski definition) is 16. The quantitative estimate of drug-likeness (QED) is 0.0440. The van der Waals surface area contributed by atoms with Crippen LogP contribution in [0.2, 0.25) is 145 Å². The maximum absolute atomic E-state index is 12.9. The highest BCUT2D eigenvalue weighted by Gasteiger charge is 2.64. The molecular weight excluding hydrogens is 2020 g/mol. The van der Waals surface area contributed by atoms with Crippen LogP contribution >= 0.6 is 0 Å². The number of aliphatic hydroxyl groups is 16. The Morgan fingerprint density at radius 2 is 0.215 bits per heavy atom. The summed E-state index contributed by atoms with van der Waals surface area (Å²) in [6, 6.07) is 0. The Hall–Kier alpha value is 0.135. The van der Waals surface area contributed by atoms with Crippen molar-refractivity contribution in [3.8, 4) is 0 Å². The second-order valence-electron chi connectivity index (χ2n) is 53.6. The van der Waals surface area contributed by atoms with E-state index in [2.05, 4.69) is 0 Å². The van der Waals surface area contributed by atoms with E-state index < -0.39 is 405 Å². The molecule has 30 saturated heterocycles. The molecule has 0 aromatic heterocycles. The van der Waals surface area contributed by atoms with E-state index in [-0.39, 0.29) is 0 Å². The molecule has 0 saturated carbocycles. The Labute approximate surface area is 864 Å². The molecule has 30 aliphatic rings. The molecule has 30 aliphatic heterocycles. The highest BCUT2D eigenvalue weighted by molar-refractivity contribution is 6.77. The standard InChI is InChI=1S/C96H192O40Si8/c1-89(2,3)137(25,26)113-41-49-73-57(97)65(105)81(121-49)130-74-50(42-114-138(27,28)90(4,5)6)123-83(67(107)59(74)99)132-76-52(44-116-140(31,32)92(10,11)12)125-85(69(109)61(76)101)134-78-54(46-118-142(35,36)94(16,17)18)127-87(71(111)63(78)103)136-80-56(48-120-144(39,40)96(22,23)24)128-88(72(112)64(80)104)135-79-55(47-119-143(37,38)95(19,20)21)126-86(70(110)62(79)102)133-77-53(45-117-141(33,34)93(13,14)15)124-84(68(108)60(77)100)131-75-51(43-115-139(29,30)91(7,8)9)122-82(129-73)66(106)58(75)98/h49-88,97-112H,41-48H2,1-40H3/t49-,50-,51-,52-,53-,54-,55-,56-,57-,58-,59-,60-,61-,62-,63-,64-,65-,66-,67-,68-,69-,70-,71-,72-,73-,74-,75-,76-,77-,78-,79-,80-,81-,82-,83-,84-,85-,86-,87-,88-/m1/s1. The predicted octanol–water partition coefficient (Wildman–Crippen LogP) is 6.83. The van der Waals surface area contributed by atoms with Crippen molar-refractivity contribution in [3.05, 3.63) is 0 Å². The topological polar surface area (TPSA) is 545 Å². The maximum atomic E-state index is 12.9. The van der Waals surface area contributed by atoms with Gasteiger partial charge in [0.25, 0.3) is 0 Å². The molecule has 30 rings (SSSR count). The van der Waals surface area contributed by atoms with Gasteiger partial charge in [-0.3, -0.25) is 0 Å². The number of aliphatic hydroxyl groups excluding tert-OH is 16. The minimum atomic E-state index is -2.86. The van der Waals surface area contributed by atoms with Gasteiger partial charge in [0, 0.05) is 0 Å². The summed E-state index contributed by atoms with van der Waals surface area (Å²) >= 11 is 0. The highest BCUT2D eigenvalue weighted by atomic mass is 28.4. The first-order chi connectivity index (χ1) is 65.1. The zero-order chi connectivity index (χ0) is 110. The van der Waals surface area contributed by atoms with Gasteiger partial charge in [-0.1, -0.05) is 166 Å². The van der Waals surface area contributed by atoms with E-state index in [1.165, 1.54) is 0 Å². The van der Waals surface area contributed by atoms with Crippen molar-refractivity contribution in [1.29, 1.82) is 0 Å². The van der Waals surface area contributed by atoms with E-state index in [1.807, 2.05) is 271 Å². The highest BCUT2D eigenvalue weighted by Crippen LogP contribution is 2.50. The largest absolute Gasteiger partial charge is 0.414 e. The van der Waals surface area contributed by atoms with Crippen LogP contribution in [0.15, 0.2) is 0 Å². The number of hydrogen-bond acceptors (Lipinski definition) is 40. The lowest BCUT2D eigenvalue weighted by molar-refractivity contribution is -0.403. The molecule has 144 heavy (non-hydrogen) atoms. The summed E-state index contributed by atoms with van der Waals surface area (Å²) in [5.74, 6) is 0. The SMILES string of the molecule is CC(C)(C)[Si](C)(C)OC[C@H]1O[C@@H]2O[C@H]3[C@H](O)[C@@H](O)[C@@H](O[C@H]4[C@H](O)[C@@H](O)[C@@H](O[C@H]5[C@H](O)[C@@H](O)[C@@H](O[C@H]6[C@H](O)[C@@H](O)[C@@H](O[C@H]7[C@H](O)[C@@H](O)[C@@H](O[C@H]8[C@H](O)[C@@H](O)[C@@H](O[C@H]9[C@H](O)[C@@H](O)[C@@H](O[C@H]1[C@H](O)[C@H]2O)O[C@@H]9CO[Si](C)(C)C(C)(C)C)O[C@@H]8CO[Si](C)(C)C(C)(C)C)O[C@@H]7CO[Si](C)(C)C(C)(C)C)O[C@@H]6CO[Si](C)(C)C(C)(C)C)O[C@@H]5CO[Si](C)(C)C(C)(C)C)O[C@@H]4CO[Si](C)(C)C(C)(C)C)O[C@@H]3CO[Si](C)(C)C(C)(C)C. The van der Waals surface area contributed by atoms with Gasteiger partial charge in [-0.2, -0.15) is 0 Å². The van der Waals surface area contributed by atoms with E-state index in [9.17, 15) is 81.7 Å². The van der Waals surface area contributed by atoms with Crippen molar-refractivity contribution >= 4 is 66.5 Å². The zero-order valence-corrected chi connectivity index (χ0v) is 102. The van der Waals surface area contributed by atoms with Gasteiger partial charge in [-0.25, -0.2) is 0 Å². The van der Waals surface area contributed by atoms with Gasteiger partial charge < -0.3 is 193 Å². The van der Waals surface area contributed by atoms with Crippen molar-refractivity contribution in [2.45, 2.75) is 557 Å². The summed E-state index contributed by atoms with van der Waals surface area (Å²) in [5, 5.41) is 202. The van der Waals surface area contributed by atoms with E-state index >= 15 is 0 Å². The third-order valence-electron chi connectivity index (χ3n) is 34.8. The smallest absolute Gasteiger partial charge is 0.192 e. The lowest BCUT2D eigenvalue weighted by atomic mass is 9.94. The third kappa shape index (κ3) is 29.1. The number of rotatable bonds is 24. The maximum Gasteiger partial charge on any atom is 0.192 e. The Bertz CT molecular complexity index is 3260. The second-order valence-corrected chi connectivity index (χ2v) is 92.0. The lowest BCUT2D eigenvalue weighted by Crippen LogP contribution is -2.69. The molecule has 0 radical (unpaired) electrons. The van der Waals surface area contributed by atoms with E-state index in [4.69, 9.17) is 111 Å². The Balaban J connectivity index is 1.21. The van der Waals surface area contributed by atoms with Crippen LogP contribution in [-0.2, 0) is 111 Å². The fourth-order valence-corrected chi connectivity index (χ4v) is 24.0. The van der Waals surface area contributed by atoms with Crippen LogP contribution in [0.3, 0.4) is 0 Å². The van der Waals surface area contributed by atoms with Gasteiger partial charge in [0.2, 0.25) is 0 Å². The van der Waals surface area contributed by atoms with Crippen LogP contribution in [-0.4, -0.2) is 447 Å². The normalized spacial score (nSPS) is 40.5. The fraction of sp³-hybridized carbons (Fsp3) is 1.00. The molecule has 0 unspecified atom stereocenters. The van der Waals surface area contributed by atoms with Gasteiger partial charge >= 0.3 is 0 Å². The molecule has 40 nitrogen and oxygen atoms in total. The second kappa shape index (κ2) is 47.0. The molecule has 0 aromatic carbocycles. The van der Waals surface area contributed by atoms with Gasteiger partial charge in [0.15, 0.2) is 117 Å². The van der Waals surface area contributed by atoms with Crippen molar-refractivity contribution in [3.63, 3.8) is 0 Å². The Kier molecular flexibility index (Phi) is 41.6. The summed E-state index contributed by atoms with van der Waals surface area (Å²) in [6.45, 7) is 75.9. The number of ether oxygens (including phenoxy) is 16. The summed E-state index contributed by atoms with van der Waals surface area (Å²) in [6.07, 6.45) is -76.0. The van der Waals surface area contributed by atoms with E-state index in [1.54, 1.807) is 0 Å². The molecule has 16 N–H and O–H groups in total. The first-order valence-electron chi connectivity index (χ1n) is 51.5. The van der Waals surface area contributed by atoms with Gasteiger partial charge in [0.05, 0.1) is 52.9 Å². The summed E-state index contributed by atoms with van der Waals surface area (Å²) in [5.41, 5.74) is 0. The fourth-order valence-electron chi connectivity index (χ4n) is 15.9. The van der Waals surface area contributed by atoms with Gasteiger partial charge in [-0.05, 0) is 145 Å². The average molecular weight is 2210 g/mol. The van der Waals surface area contributed by atoms with Crippen LogP contribution in [0, 0.1) is 0 Å². The van der Waals surface area contributed by atoms with Gasteiger partial charge in [-0.15, -0.1) is 0 Å². The Morgan fingerprint density at radius 1 is 0.139 bits per heavy atom. The van der Waals surface area contributed by atoms with Crippen molar-refractivity contribution in [2.75, 3.05) is 52.9 Å². The van der Waals surface area contributed by atoms with Crippen molar-refractivity contribution in [1.82, 2.24) is 0 Å². The first-order valence-corrected chi connectivity index (χ1v) is 74.8. The monoisotopic (exact) mass is 2210 g/mol. The van der Waals surface area contributed by atoms with Crippen LogP contribution in [0.25, 0.3) is 0 Å². The van der Waals surface area contributed by atoms with Crippen LogP contribution in [0.1, 0.15) is 166 Å². The van der Waals surface area contributed by atoms with Crippen LogP contribution in [0.4, 0.5) is 0 Å². The van der Waals surface area contributed by atoms with Crippen molar-refractivity contribution in [2.24, 2.45) is 0 Å². The summed E-state index contributed by atoms with van der Waals surface area (Å²) < 4.78 is 162. The molecule has 16 bridgehead atoms. The molecule has 848 valence electrons. The van der Waals surface area contributed by atoms with E-state index in [0.717, 1.165) is 0 Å². The molecule has 0 aromatic rings. The first kappa shape index (κ1) is 128.